The summed E-state index contributed by atoms with van der Waals surface area (Å²) in [5, 5.41) is 0. The number of sulfonamides is 1. The fourth-order valence-corrected chi connectivity index (χ4v) is 1.94. The molecule has 0 aromatic heterocycles. The summed E-state index contributed by atoms with van der Waals surface area (Å²) in [6.07, 6.45) is 2.99. The maximum atomic E-state index is 12.2. The summed E-state index contributed by atoms with van der Waals surface area (Å²) >= 11 is 0. The van der Waals surface area contributed by atoms with Crippen LogP contribution in [0.15, 0.2) is 0 Å². The molecular weight excluding hydrogens is 276 g/mol. The zero-order chi connectivity index (χ0) is 15.9. The molecule has 6 heteroatoms. The van der Waals surface area contributed by atoms with E-state index in [1.165, 1.54) is 7.05 Å². The van der Waals surface area contributed by atoms with E-state index in [0.29, 0.717) is 24.9 Å². The second-order valence-corrected chi connectivity index (χ2v) is 8.35. The third-order valence-corrected chi connectivity index (χ3v) is 4.49. The molecule has 0 rings (SSSR count). The topological polar surface area (TPSA) is 57.7 Å². The predicted octanol–water partition coefficient (Wildman–Crippen LogP) is 1.80. The Hall–Kier alpha value is -0.620. The normalized spacial score (nSPS) is 12.4. The average Bonchev–Trinajstić information content (AvgIpc) is 2.26. The lowest BCUT2D eigenvalue weighted by molar-refractivity contribution is -0.131. The van der Waals surface area contributed by atoms with Crippen LogP contribution >= 0.6 is 0 Å². The number of carbonyl (C=O) groups is 1. The Balaban J connectivity index is 4.61. The highest BCUT2D eigenvalue weighted by Crippen LogP contribution is 2.08. The van der Waals surface area contributed by atoms with E-state index >= 15 is 0 Å². The second-order valence-electron chi connectivity index (χ2n) is 6.26. The molecule has 0 aliphatic carbocycles. The van der Waals surface area contributed by atoms with Crippen LogP contribution in [0.4, 0.5) is 0 Å². The van der Waals surface area contributed by atoms with Gasteiger partial charge in [0, 0.05) is 20.1 Å². The van der Waals surface area contributed by atoms with Gasteiger partial charge in [0.1, 0.15) is 0 Å². The Morgan fingerprint density at radius 2 is 1.40 bits per heavy atom. The lowest BCUT2D eigenvalue weighted by Crippen LogP contribution is -2.42. The third kappa shape index (κ3) is 8.53. The van der Waals surface area contributed by atoms with Crippen LogP contribution in [-0.2, 0) is 14.8 Å². The highest BCUT2D eigenvalue weighted by Gasteiger charge is 2.20. The molecule has 0 radical (unpaired) electrons. The first-order valence-corrected chi connectivity index (χ1v) is 9.08. The van der Waals surface area contributed by atoms with Crippen LogP contribution in [-0.4, -0.2) is 56.5 Å². The number of nitrogens with zero attached hydrogens (tertiary/aromatic N) is 2. The first-order valence-electron chi connectivity index (χ1n) is 7.23. The van der Waals surface area contributed by atoms with Gasteiger partial charge in [0.2, 0.25) is 15.9 Å². The quantitative estimate of drug-likeness (QED) is 0.652. The Morgan fingerprint density at radius 3 is 1.70 bits per heavy atom. The van der Waals surface area contributed by atoms with E-state index in [1.807, 2.05) is 0 Å². The van der Waals surface area contributed by atoms with Crippen molar-refractivity contribution in [2.24, 2.45) is 11.8 Å². The van der Waals surface area contributed by atoms with Gasteiger partial charge in [0.05, 0.1) is 12.8 Å². The van der Waals surface area contributed by atoms with Crippen LogP contribution in [0.5, 0.6) is 0 Å². The van der Waals surface area contributed by atoms with Crippen molar-refractivity contribution in [2.45, 2.75) is 40.5 Å². The molecule has 0 spiro atoms. The van der Waals surface area contributed by atoms with Gasteiger partial charge in [-0.05, 0) is 24.7 Å². The van der Waals surface area contributed by atoms with Crippen molar-refractivity contribution in [1.29, 1.82) is 0 Å². The molecule has 0 heterocycles. The average molecular weight is 306 g/mol. The summed E-state index contributed by atoms with van der Waals surface area (Å²) in [7, 11) is -1.87. The molecule has 1 amide bonds. The molecule has 0 aliphatic rings. The third-order valence-electron chi connectivity index (χ3n) is 3.23. The summed E-state index contributed by atoms with van der Waals surface area (Å²) in [5.41, 5.74) is 0. The summed E-state index contributed by atoms with van der Waals surface area (Å²) in [5.74, 6) is 0.938. The van der Waals surface area contributed by atoms with E-state index in [2.05, 4.69) is 27.7 Å². The molecule has 0 bridgehead atoms. The van der Waals surface area contributed by atoms with Crippen molar-refractivity contribution in [3.05, 3.63) is 0 Å². The SMILES string of the molecule is CC(C)CCN(CCC(C)C)C(=O)CN(C)S(C)(=O)=O. The van der Waals surface area contributed by atoms with Crippen LogP contribution in [0.3, 0.4) is 0 Å². The van der Waals surface area contributed by atoms with E-state index in [0.717, 1.165) is 23.4 Å². The number of amides is 1. The maximum absolute atomic E-state index is 12.2. The summed E-state index contributed by atoms with van der Waals surface area (Å²) < 4.78 is 23.9. The van der Waals surface area contributed by atoms with Crippen molar-refractivity contribution >= 4 is 15.9 Å². The summed E-state index contributed by atoms with van der Waals surface area (Å²) in [6.45, 7) is 9.79. The molecular formula is C14H30N2O3S. The van der Waals surface area contributed by atoms with Gasteiger partial charge in [0.15, 0.2) is 0 Å². The molecule has 0 aliphatic heterocycles. The zero-order valence-corrected chi connectivity index (χ0v) is 14.5. The van der Waals surface area contributed by atoms with Gasteiger partial charge in [-0.15, -0.1) is 0 Å². The molecule has 0 fully saturated rings. The monoisotopic (exact) mass is 306 g/mol. The van der Waals surface area contributed by atoms with Gasteiger partial charge in [-0.25, -0.2) is 8.42 Å². The largest absolute Gasteiger partial charge is 0.342 e. The molecule has 0 unspecified atom stereocenters. The molecule has 0 saturated carbocycles. The predicted molar refractivity (Wildman–Crippen MR) is 83.0 cm³/mol. The van der Waals surface area contributed by atoms with Gasteiger partial charge < -0.3 is 4.90 Å². The van der Waals surface area contributed by atoms with Gasteiger partial charge in [-0.1, -0.05) is 27.7 Å². The second kappa shape index (κ2) is 8.62. The molecule has 5 nitrogen and oxygen atoms in total. The minimum Gasteiger partial charge on any atom is -0.342 e. The van der Waals surface area contributed by atoms with Crippen LogP contribution in [0.2, 0.25) is 0 Å². The molecule has 0 N–H and O–H groups in total. The van der Waals surface area contributed by atoms with Crippen molar-refractivity contribution in [3.63, 3.8) is 0 Å². The number of hydrogen-bond donors (Lipinski definition) is 0. The minimum atomic E-state index is -3.31. The Morgan fingerprint density at radius 1 is 1.00 bits per heavy atom. The first-order chi connectivity index (χ1) is 9.04. The molecule has 20 heavy (non-hydrogen) atoms. The van der Waals surface area contributed by atoms with Gasteiger partial charge in [-0.2, -0.15) is 4.31 Å². The van der Waals surface area contributed by atoms with Gasteiger partial charge in [0.25, 0.3) is 0 Å². The maximum Gasteiger partial charge on any atom is 0.237 e. The number of rotatable bonds is 9. The van der Waals surface area contributed by atoms with Crippen LogP contribution in [0, 0.1) is 11.8 Å². The van der Waals surface area contributed by atoms with Crippen molar-refractivity contribution in [2.75, 3.05) is 32.9 Å². The highest BCUT2D eigenvalue weighted by molar-refractivity contribution is 7.88. The molecule has 0 aromatic rings. The standard InChI is InChI=1S/C14H30N2O3S/c1-12(2)7-9-16(10-8-13(3)4)14(17)11-15(5)20(6,18)19/h12-13H,7-11H2,1-6H3. The molecule has 120 valence electrons. The van der Waals surface area contributed by atoms with Crippen molar-refractivity contribution in [3.8, 4) is 0 Å². The van der Waals surface area contributed by atoms with Gasteiger partial charge >= 0.3 is 0 Å². The van der Waals surface area contributed by atoms with E-state index < -0.39 is 10.0 Å². The zero-order valence-electron chi connectivity index (χ0n) is 13.7. The lowest BCUT2D eigenvalue weighted by atomic mass is 10.1. The number of carbonyl (C=O) groups excluding carboxylic acids is 1. The molecule has 0 atom stereocenters. The fourth-order valence-electron chi connectivity index (χ4n) is 1.60. The van der Waals surface area contributed by atoms with E-state index in [9.17, 15) is 13.2 Å². The van der Waals surface area contributed by atoms with E-state index in [-0.39, 0.29) is 12.5 Å². The summed E-state index contributed by atoms with van der Waals surface area (Å²) in [6, 6.07) is 0. The minimum absolute atomic E-state index is 0.0744. The lowest BCUT2D eigenvalue weighted by Gasteiger charge is -2.26. The van der Waals surface area contributed by atoms with Gasteiger partial charge in [-0.3, -0.25) is 4.79 Å². The van der Waals surface area contributed by atoms with Crippen LogP contribution in [0.1, 0.15) is 40.5 Å². The smallest absolute Gasteiger partial charge is 0.237 e. The Kier molecular flexibility index (Phi) is 8.35. The Bertz CT molecular complexity index is 379. The van der Waals surface area contributed by atoms with Crippen LogP contribution < -0.4 is 0 Å². The number of hydrogen-bond acceptors (Lipinski definition) is 3. The summed E-state index contributed by atoms with van der Waals surface area (Å²) in [4.78, 5) is 14.0. The van der Waals surface area contributed by atoms with E-state index in [4.69, 9.17) is 0 Å². The molecule has 0 aromatic carbocycles. The van der Waals surface area contributed by atoms with Crippen molar-refractivity contribution in [1.82, 2.24) is 9.21 Å². The van der Waals surface area contributed by atoms with Crippen LogP contribution in [0.25, 0.3) is 0 Å². The molecule has 0 saturated heterocycles. The van der Waals surface area contributed by atoms with E-state index in [1.54, 1.807) is 4.90 Å². The Labute approximate surface area is 124 Å². The highest BCUT2D eigenvalue weighted by atomic mass is 32.2. The van der Waals surface area contributed by atoms with Crippen molar-refractivity contribution < 1.29 is 13.2 Å². The first kappa shape index (κ1) is 19.4. The fraction of sp³-hybridized carbons (Fsp3) is 0.929. The number of likely N-dealkylation sites (N-methyl/N-ethyl adjacent to an activating group) is 1.